The Morgan fingerprint density at radius 2 is 1.79 bits per heavy atom. The zero-order chi connectivity index (χ0) is 20.9. The number of nitrogens with zero attached hydrogens (tertiary/aromatic N) is 1. The highest BCUT2D eigenvalue weighted by molar-refractivity contribution is 7.92. The first kappa shape index (κ1) is 21.8. The van der Waals surface area contributed by atoms with Gasteiger partial charge in [-0.3, -0.25) is 9.10 Å². The van der Waals surface area contributed by atoms with E-state index in [-0.39, 0.29) is 18.5 Å². The third-order valence-corrected chi connectivity index (χ3v) is 5.73. The number of carbonyl (C=O) groups excluding carboxylic acids is 1. The predicted molar refractivity (Wildman–Crippen MR) is 112 cm³/mol. The van der Waals surface area contributed by atoms with Crippen molar-refractivity contribution in [2.45, 2.75) is 33.2 Å². The predicted octanol–water partition coefficient (Wildman–Crippen LogP) is 3.35. The average Bonchev–Trinajstić information content (AvgIpc) is 2.64. The van der Waals surface area contributed by atoms with Crippen LogP contribution in [0.3, 0.4) is 0 Å². The minimum Gasteiger partial charge on any atom is -0.497 e. The molecule has 0 saturated heterocycles. The van der Waals surface area contributed by atoms with Crippen LogP contribution in [-0.2, 0) is 14.8 Å². The molecule has 0 aromatic heterocycles. The van der Waals surface area contributed by atoms with Gasteiger partial charge in [0.2, 0.25) is 15.9 Å². The topological polar surface area (TPSA) is 75.7 Å². The maximum absolute atomic E-state index is 12.7. The van der Waals surface area contributed by atoms with Gasteiger partial charge in [-0.05, 0) is 55.7 Å². The summed E-state index contributed by atoms with van der Waals surface area (Å²) in [5.74, 6) is 0.260. The first-order valence-corrected chi connectivity index (χ1v) is 11.0. The van der Waals surface area contributed by atoms with Crippen molar-refractivity contribution in [2.75, 3.05) is 24.2 Å². The fraction of sp³-hybridized carbons (Fsp3) is 0.381. The summed E-state index contributed by atoms with van der Waals surface area (Å²) in [6, 6.07) is 12.5. The van der Waals surface area contributed by atoms with Crippen molar-refractivity contribution in [3.8, 4) is 5.75 Å². The summed E-state index contributed by atoms with van der Waals surface area (Å²) in [5, 5.41) is 2.97. The Kier molecular flexibility index (Phi) is 7.07. The number of aryl methyl sites for hydroxylation is 2. The first-order chi connectivity index (χ1) is 13.2. The normalized spacial score (nSPS) is 12.3. The van der Waals surface area contributed by atoms with Crippen LogP contribution in [0.2, 0.25) is 0 Å². The van der Waals surface area contributed by atoms with Gasteiger partial charge in [-0.2, -0.15) is 0 Å². The standard InChI is InChI=1S/C21H28N2O4S/c1-6-20(19-12-7-15(2)13-16(19)3)22-21(24)14-23(28(5,25)26)17-8-10-18(27-4)11-9-17/h7-13,20H,6,14H2,1-5H3,(H,22,24). The Morgan fingerprint density at radius 1 is 1.14 bits per heavy atom. The van der Waals surface area contributed by atoms with E-state index in [1.54, 1.807) is 24.3 Å². The summed E-state index contributed by atoms with van der Waals surface area (Å²) in [5.41, 5.74) is 3.71. The SMILES string of the molecule is CCC(NC(=O)CN(c1ccc(OC)cc1)S(C)(=O)=O)c1ccc(C)cc1C. The molecule has 1 atom stereocenters. The molecular weight excluding hydrogens is 376 g/mol. The molecule has 1 unspecified atom stereocenters. The van der Waals surface area contributed by atoms with E-state index in [4.69, 9.17) is 4.74 Å². The monoisotopic (exact) mass is 404 g/mol. The maximum atomic E-state index is 12.7. The molecule has 0 spiro atoms. The van der Waals surface area contributed by atoms with E-state index in [0.717, 1.165) is 27.3 Å². The van der Waals surface area contributed by atoms with Crippen molar-refractivity contribution >= 4 is 21.6 Å². The zero-order valence-electron chi connectivity index (χ0n) is 17.0. The van der Waals surface area contributed by atoms with Gasteiger partial charge >= 0.3 is 0 Å². The summed E-state index contributed by atoms with van der Waals surface area (Å²) in [4.78, 5) is 12.7. The molecule has 0 aliphatic heterocycles. The first-order valence-electron chi connectivity index (χ1n) is 9.14. The molecule has 0 aliphatic carbocycles. The van der Waals surface area contributed by atoms with Crippen LogP contribution in [-0.4, -0.2) is 34.2 Å². The number of anilines is 1. The lowest BCUT2D eigenvalue weighted by atomic mass is 9.97. The fourth-order valence-corrected chi connectivity index (χ4v) is 3.99. The van der Waals surface area contributed by atoms with Gasteiger partial charge in [0.05, 0.1) is 25.1 Å². The van der Waals surface area contributed by atoms with E-state index in [0.29, 0.717) is 17.9 Å². The molecule has 152 valence electrons. The van der Waals surface area contributed by atoms with Crippen molar-refractivity contribution in [2.24, 2.45) is 0 Å². The molecule has 6 nitrogen and oxygen atoms in total. The number of rotatable bonds is 8. The van der Waals surface area contributed by atoms with E-state index in [1.165, 1.54) is 7.11 Å². The molecule has 1 N–H and O–H groups in total. The average molecular weight is 405 g/mol. The molecule has 2 rings (SSSR count). The van der Waals surface area contributed by atoms with Gasteiger partial charge in [-0.15, -0.1) is 0 Å². The lowest BCUT2D eigenvalue weighted by Crippen LogP contribution is -2.41. The van der Waals surface area contributed by atoms with Crippen molar-refractivity contribution in [1.29, 1.82) is 0 Å². The van der Waals surface area contributed by atoms with Crippen LogP contribution in [0.5, 0.6) is 5.75 Å². The maximum Gasteiger partial charge on any atom is 0.241 e. The van der Waals surface area contributed by atoms with Gasteiger partial charge in [0.1, 0.15) is 12.3 Å². The van der Waals surface area contributed by atoms with Crippen LogP contribution in [0.15, 0.2) is 42.5 Å². The number of amides is 1. The number of nitrogens with one attached hydrogen (secondary N) is 1. The van der Waals surface area contributed by atoms with Gasteiger partial charge in [-0.1, -0.05) is 30.7 Å². The highest BCUT2D eigenvalue weighted by Crippen LogP contribution is 2.23. The van der Waals surface area contributed by atoms with Gasteiger partial charge in [0, 0.05) is 0 Å². The zero-order valence-corrected chi connectivity index (χ0v) is 17.8. The molecule has 0 saturated carbocycles. The molecule has 2 aromatic carbocycles. The molecule has 2 aromatic rings. The number of ether oxygens (including phenoxy) is 1. The number of sulfonamides is 1. The van der Waals surface area contributed by atoms with Crippen LogP contribution >= 0.6 is 0 Å². The van der Waals surface area contributed by atoms with Crippen molar-refractivity contribution in [3.63, 3.8) is 0 Å². The highest BCUT2D eigenvalue weighted by Gasteiger charge is 2.23. The largest absolute Gasteiger partial charge is 0.497 e. The molecule has 0 fully saturated rings. The number of carbonyl (C=O) groups is 1. The minimum atomic E-state index is -3.62. The second-order valence-corrected chi connectivity index (χ2v) is 8.76. The number of hydrogen-bond acceptors (Lipinski definition) is 4. The van der Waals surface area contributed by atoms with Gasteiger partial charge in [0.15, 0.2) is 0 Å². The Hall–Kier alpha value is -2.54. The smallest absolute Gasteiger partial charge is 0.241 e. The summed E-state index contributed by atoms with van der Waals surface area (Å²) < 4.78 is 30.7. The van der Waals surface area contributed by atoms with Crippen LogP contribution in [0.1, 0.15) is 36.1 Å². The number of hydrogen-bond donors (Lipinski definition) is 1. The third-order valence-electron chi connectivity index (χ3n) is 4.59. The molecule has 28 heavy (non-hydrogen) atoms. The quantitative estimate of drug-likeness (QED) is 0.732. The Morgan fingerprint density at radius 3 is 2.29 bits per heavy atom. The van der Waals surface area contributed by atoms with Crippen LogP contribution in [0, 0.1) is 13.8 Å². The van der Waals surface area contributed by atoms with E-state index in [2.05, 4.69) is 11.4 Å². The fourth-order valence-electron chi connectivity index (χ4n) is 3.14. The Bertz CT molecular complexity index is 924. The van der Waals surface area contributed by atoms with E-state index in [1.807, 2.05) is 32.9 Å². The summed E-state index contributed by atoms with van der Waals surface area (Å²) in [7, 11) is -2.09. The Balaban J connectivity index is 2.20. The van der Waals surface area contributed by atoms with Crippen LogP contribution in [0.4, 0.5) is 5.69 Å². The molecule has 1 amide bonds. The van der Waals surface area contributed by atoms with E-state index in [9.17, 15) is 13.2 Å². The van der Waals surface area contributed by atoms with Crippen molar-refractivity contribution < 1.29 is 17.9 Å². The lowest BCUT2D eigenvalue weighted by Gasteiger charge is -2.25. The van der Waals surface area contributed by atoms with Crippen LogP contribution < -0.4 is 14.4 Å². The summed E-state index contributed by atoms with van der Waals surface area (Å²) in [6.07, 6.45) is 1.79. The number of methoxy groups -OCH3 is 1. The van der Waals surface area contributed by atoms with E-state index >= 15 is 0 Å². The van der Waals surface area contributed by atoms with E-state index < -0.39 is 10.0 Å². The molecule has 0 radical (unpaired) electrons. The highest BCUT2D eigenvalue weighted by atomic mass is 32.2. The molecule has 7 heteroatoms. The molecular formula is C21H28N2O4S. The van der Waals surface area contributed by atoms with Crippen molar-refractivity contribution in [3.05, 3.63) is 59.2 Å². The second-order valence-electron chi connectivity index (χ2n) is 6.86. The van der Waals surface area contributed by atoms with Gasteiger partial charge in [-0.25, -0.2) is 8.42 Å². The van der Waals surface area contributed by atoms with Gasteiger partial charge in [0.25, 0.3) is 0 Å². The molecule has 0 bridgehead atoms. The number of benzene rings is 2. The lowest BCUT2D eigenvalue weighted by molar-refractivity contribution is -0.120. The Labute approximate surface area is 167 Å². The van der Waals surface area contributed by atoms with Gasteiger partial charge < -0.3 is 10.1 Å². The summed E-state index contributed by atoms with van der Waals surface area (Å²) >= 11 is 0. The van der Waals surface area contributed by atoms with Crippen molar-refractivity contribution in [1.82, 2.24) is 5.32 Å². The minimum absolute atomic E-state index is 0.176. The summed E-state index contributed by atoms with van der Waals surface area (Å²) in [6.45, 7) is 5.74. The molecule has 0 aliphatic rings. The van der Waals surface area contributed by atoms with Crippen LogP contribution in [0.25, 0.3) is 0 Å². The molecule has 0 heterocycles. The second kappa shape index (κ2) is 9.10. The third kappa shape index (κ3) is 5.48.